The second kappa shape index (κ2) is 6.10. The van der Waals surface area contributed by atoms with Crippen molar-refractivity contribution >= 4 is 5.91 Å². The van der Waals surface area contributed by atoms with Crippen molar-refractivity contribution < 1.29 is 18.0 Å². The first-order valence-corrected chi connectivity index (χ1v) is 7.30. The number of nitrogens with one attached hydrogen (secondary N) is 1. The number of amides is 1. The highest BCUT2D eigenvalue weighted by atomic mass is 19.4. The van der Waals surface area contributed by atoms with E-state index in [2.05, 4.69) is 15.1 Å². The zero-order chi connectivity index (χ0) is 17.3. The van der Waals surface area contributed by atoms with E-state index in [-0.39, 0.29) is 18.5 Å². The third-order valence-corrected chi connectivity index (χ3v) is 3.86. The van der Waals surface area contributed by atoms with E-state index in [1.165, 1.54) is 6.20 Å². The van der Waals surface area contributed by atoms with E-state index in [1.807, 2.05) is 0 Å². The van der Waals surface area contributed by atoms with Crippen LogP contribution in [0.2, 0.25) is 0 Å². The summed E-state index contributed by atoms with van der Waals surface area (Å²) in [5, 5.41) is 3.38. The largest absolute Gasteiger partial charge is 0.435 e. The van der Waals surface area contributed by atoms with Crippen LogP contribution in [0.3, 0.4) is 0 Å². The second-order valence-electron chi connectivity index (χ2n) is 5.47. The van der Waals surface area contributed by atoms with E-state index in [0.29, 0.717) is 18.7 Å². The van der Waals surface area contributed by atoms with Gasteiger partial charge in [0, 0.05) is 24.6 Å². The third-order valence-electron chi connectivity index (χ3n) is 3.86. The summed E-state index contributed by atoms with van der Waals surface area (Å²) >= 11 is 0. The molecule has 0 aliphatic carbocycles. The van der Waals surface area contributed by atoms with Gasteiger partial charge in [0.25, 0.3) is 0 Å². The van der Waals surface area contributed by atoms with Crippen LogP contribution in [-0.2, 0) is 17.5 Å². The standard InChI is InChI=1S/C14H14F3N5O2/c15-14(16,17)11-4-7-21(20-11)8-12(23)22-6-1-2-10(22)9-3-5-18-13(24)19-9/h3-5,7,10H,1-2,6,8H2,(H,18,19,24). The molecule has 2 aromatic rings. The zero-order valence-corrected chi connectivity index (χ0v) is 12.5. The molecule has 0 spiro atoms. The lowest BCUT2D eigenvalue weighted by molar-refractivity contribution is -0.142. The van der Waals surface area contributed by atoms with Crippen molar-refractivity contribution in [3.63, 3.8) is 0 Å². The van der Waals surface area contributed by atoms with Gasteiger partial charge in [-0.15, -0.1) is 0 Å². The summed E-state index contributed by atoms with van der Waals surface area (Å²) < 4.78 is 38.6. The van der Waals surface area contributed by atoms with E-state index in [4.69, 9.17) is 0 Å². The fourth-order valence-corrected chi connectivity index (χ4v) is 2.80. The number of aromatic amines is 1. The lowest BCUT2D eigenvalue weighted by Gasteiger charge is -2.24. The van der Waals surface area contributed by atoms with Crippen LogP contribution in [-0.4, -0.2) is 37.1 Å². The van der Waals surface area contributed by atoms with Crippen LogP contribution >= 0.6 is 0 Å². The molecule has 128 valence electrons. The molecule has 24 heavy (non-hydrogen) atoms. The topological polar surface area (TPSA) is 83.9 Å². The molecule has 1 unspecified atom stereocenters. The average Bonchev–Trinajstić information content (AvgIpc) is 3.15. The molecule has 3 rings (SSSR count). The summed E-state index contributed by atoms with van der Waals surface area (Å²) in [7, 11) is 0. The van der Waals surface area contributed by atoms with Crippen LogP contribution < -0.4 is 5.69 Å². The molecule has 3 heterocycles. The van der Waals surface area contributed by atoms with Gasteiger partial charge in [0.15, 0.2) is 5.69 Å². The molecule has 0 aromatic carbocycles. The van der Waals surface area contributed by atoms with Gasteiger partial charge >= 0.3 is 11.9 Å². The quantitative estimate of drug-likeness (QED) is 0.913. The Labute approximate surface area is 134 Å². The summed E-state index contributed by atoms with van der Waals surface area (Å²) in [5.74, 6) is -0.355. The molecule has 1 aliphatic rings. The average molecular weight is 341 g/mol. The minimum atomic E-state index is -4.54. The first kappa shape index (κ1) is 16.2. The first-order chi connectivity index (χ1) is 11.3. The number of halogens is 3. The Bertz CT molecular complexity index is 798. The molecule has 1 fully saturated rings. The van der Waals surface area contributed by atoms with Crippen LogP contribution in [0.15, 0.2) is 29.3 Å². The number of alkyl halides is 3. The predicted molar refractivity (Wildman–Crippen MR) is 75.8 cm³/mol. The first-order valence-electron chi connectivity index (χ1n) is 7.30. The van der Waals surface area contributed by atoms with Gasteiger partial charge in [-0.1, -0.05) is 0 Å². The van der Waals surface area contributed by atoms with Gasteiger partial charge in [0.2, 0.25) is 5.91 Å². The number of likely N-dealkylation sites (tertiary alicyclic amines) is 1. The molecule has 2 aromatic heterocycles. The lowest BCUT2D eigenvalue weighted by Crippen LogP contribution is -2.34. The monoisotopic (exact) mass is 341 g/mol. The Morgan fingerprint density at radius 3 is 2.83 bits per heavy atom. The minimum Gasteiger partial charge on any atom is -0.333 e. The molecule has 10 heteroatoms. The van der Waals surface area contributed by atoms with Crippen LogP contribution in [0.1, 0.15) is 30.3 Å². The van der Waals surface area contributed by atoms with Crippen LogP contribution in [0, 0.1) is 0 Å². The molecule has 0 saturated carbocycles. The van der Waals surface area contributed by atoms with Gasteiger partial charge < -0.3 is 9.88 Å². The number of H-pyrrole nitrogens is 1. The van der Waals surface area contributed by atoms with Crippen LogP contribution in [0.4, 0.5) is 13.2 Å². The maximum absolute atomic E-state index is 12.5. The number of hydrogen-bond donors (Lipinski definition) is 1. The number of nitrogens with zero attached hydrogens (tertiary/aromatic N) is 4. The fraction of sp³-hybridized carbons (Fsp3) is 0.429. The Morgan fingerprint density at radius 1 is 1.38 bits per heavy atom. The Balaban J connectivity index is 1.74. The summed E-state index contributed by atoms with van der Waals surface area (Å²) in [4.78, 5) is 31.4. The Hall–Kier alpha value is -2.65. The van der Waals surface area contributed by atoms with Crippen LogP contribution in [0.5, 0.6) is 0 Å². The van der Waals surface area contributed by atoms with Crippen LogP contribution in [0.25, 0.3) is 0 Å². The molecule has 1 atom stereocenters. The second-order valence-corrected chi connectivity index (χ2v) is 5.47. The smallest absolute Gasteiger partial charge is 0.333 e. The summed E-state index contributed by atoms with van der Waals surface area (Å²) in [6.45, 7) is 0.184. The molecular formula is C14H14F3N5O2. The van der Waals surface area contributed by atoms with Crippen molar-refractivity contribution in [1.82, 2.24) is 24.6 Å². The van der Waals surface area contributed by atoms with Crippen molar-refractivity contribution in [3.8, 4) is 0 Å². The number of carbonyl (C=O) groups excluding carboxylic acids is 1. The van der Waals surface area contributed by atoms with E-state index < -0.39 is 17.6 Å². The van der Waals surface area contributed by atoms with Crippen molar-refractivity contribution in [2.75, 3.05) is 6.54 Å². The molecule has 1 aliphatic heterocycles. The molecular weight excluding hydrogens is 327 g/mol. The Morgan fingerprint density at radius 2 is 2.17 bits per heavy atom. The normalized spacial score (nSPS) is 18.1. The fourth-order valence-electron chi connectivity index (χ4n) is 2.80. The molecule has 0 radical (unpaired) electrons. The van der Waals surface area contributed by atoms with Gasteiger partial charge in [-0.2, -0.15) is 18.3 Å². The third kappa shape index (κ3) is 3.31. The van der Waals surface area contributed by atoms with Gasteiger partial charge in [0.1, 0.15) is 6.54 Å². The molecule has 1 saturated heterocycles. The maximum atomic E-state index is 12.5. The molecule has 7 nitrogen and oxygen atoms in total. The van der Waals surface area contributed by atoms with Crippen molar-refractivity contribution in [2.45, 2.75) is 31.6 Å². The molecule has 0 bridgehead atoms. The van der Waals surface area contributed by atoms with E-state index in [0.717, 1.165) is 23.4 Å². The highest BCUT2D eigenvalue weighted by molar-refractivity contribution is 5.76. The van der Waals surface area contributed by atoms with Crippen molar-refractivity contribution in [1.29, 1.82) is 0 Å². The Kier molecular flexibility index (Phi) is 4.12. The minimum absolute atomic E-state index is 0.290. The number of aromatic nitrogens is 4. The number of rotatable bonds is 3. The van der Waals surface area contributed by atoms with Gasteiger partial charge in [0.05, 0.1) is 6.04 Å². The van der Waals surface area contributed by atoms with Crippen molar-refractivity contribution in [3.05, 3.63) is 46.4 Å². The van der Waals surface area contributed by atoms with E-state index in [1.54, 1.807) is 11.0 Å². The lowest BCUT2D eigenvalue weighted by atomic mass is 10.1. The van der Waals surface area contributed by atoms with E-state index in [9.17, 15) is 22.8 Å². The highest BCUT2D eigenvalue weighted by Gasteiger charge is 2.34. The summed E-state index contributed by atoms with van der Waals surface area (Å²) in [6, 6.07) is 2.13. The SMILES string of the molecule is O=C(Cn1ccc(C(F)(F)F)n1)N1CCCC1c1ccnc(=O)[nH]1. The summed E-state index contributed by atoms with van der Waals surface area (Å²) in [6.07, 6.45) is -0.647. The van der Waals surface area contributed by atoms with E-state index >= 15 is 0 Å². The summed E-state index contributed by atoms with van der Waals surface area (Å²) in [5.41, 5.74) is -0.974. The number of carbonyl (C=O) groups is 1. The molecule has 1 N–H and O–H groups in total. The van der Waals surface area contributed by atoms with Gasteiger partial charge in [-0.25, -0.2) is 9.78 Å². The van der Waals surface area contributed by atoms with Gasteiger partial charge in [-0.3, -0.25) is 9.48 Å². The predicted octanol–water partition coefficient (Wildman–Crippen LogP) is 1.35. The van der Waals surface area contributed by atoms with Crippen molar-refractivity contribution in [2.24, 2.45) is 0 Å². The highest BCUT2D eigenvalue weighted by Crippen LogP contribution is 2.30. The van der Waals surface area contributed by atoms with Gasteiger partial charge in [-0.05, 0) is 25.0 Å². The maximum Gasteiger partial charge on any atom is 0.435 e. The molecule has 1 amide bonds. The zero-order valence-electron chi connectivity index (χ0n) is 12.5. The number of hydrogen-bond acceptors (Lipinski definition) is 4.